The number of thiazole rings is 1. The first-order chi connectivity index (χ1) is 16.1. The van der Waals surface area contributed by atoms with E-state index >= 15 is 0 Å². The molecule has 0 saturated heterocycles. The number of hydrogen-bond donors (Lipinski definition) is 1. The number of nitrogens with zero attached hydrogens (tertiary/aromatic N) is 4. The van der Waals surface area contributed by atoms with Crippen LogP contribution in [0.1, 0.15) is 12.2 Å². The summed E-state index contributed by atoms with van der Waals surface area (Å²) in [5, 5.41) is 15.6. The van der Waals surface area contributed by atoms with Gasteiger partial charge >= 0.3 is 0 Å². The third-order valence-electron chi connectivity index (χ3n) is 4.42. The van der Waals surface area contributed by atoms with E-state index in [1.54, 1.807) is 24.4 Å². The number of anilines is 1. The van der Waals surface area contributed by atoms with Gasteiger partial charge in [0.2, 0.25) is 5.91 Å². The molecule has 33 heavy (non-hydrogen) atoms. The number of carbonyl (C=O) groups excluding carboxylic acids is 1. The Morgan fingerprint density at radius 3 is 2.76 bits per heavy atom. The predicted octanol–water partition coefficient (Wildman–Crippen LogP) is 5.77. The number of hydrogen-bond acceptors (Lipinski definition) is 7. The topological polar surface area (TPSA) is 81.9 Å². The molecular weight excluding hydrogens is 501 g/mol. The fourth-order valence-corrected chi connectivity index (χ4v) is 4.75. The highest BCUT2D eigenvalue weighted by Gasteiger charge is 2.16. The van der Waals surface area contributed by atoms with Crippen LogP contribution in [0.3, 0.4) is 0 Å². The highest BCUT2D eigenvalue weighted by atomic mass is 35.5. The first-order valence-electron chi connectivity index (χ1n) is 10.00. The Labute approximate surface area is 209 Å². The average molecular weight is 520 g/mol. The predicted molar refractivity (Wildman–Crippen MR) is 133 cm³/mol. The van der Waals surface area contributed by atoms with Crippen molar-refractivity contribution < 1.29 is 9.53 Å². The van der Waals surface area contributed by atoms with E-state index in [9.17, 15) is 4.79 Å². The van der Waals surface area contributed by atoms with Crippen LogP contribution < -0.4 is 10.1 Å². The minimum Gasteiger partial charge on any atom is -0.492 e. The number of amides is 1. The van der Waals surface area contributed by atoms with Crippen LogP contribution in [-0.2, 0) is 11.2 Å². The third-order valence-corrected chi connectivity index (χ3v) is 6.57. The Morgan fingerprint density at radius 2 is 2.00 bits per heavy atom. The van der Waals surface area contributed by atoms with Gasteiger partial charge in [0.05, 0.1) is 17.4 Å². The minimum absolute atomic E-state index is 0.146. The average Bonchev–Trinajstić information content (AvgIpc) is 3.47. The number of carbonyl (C=O) groups is 1. The van der Waals surface area contributed by atoms with Crippen LogP contribution in [0, 0.1) is 0 Å². The highest BCUT2D eigenvalue weighted by Crippen LogP contribution is 2.28. The van der Waals surface area contributed by atoms with E-state index in [-0.39, 0.29) is 11.7 Å². The first kappa shape index (κ1) is 23.6. The molecule has 1 N–H and O–H groups in total. The molecule has 0 radical (unpaired) electrons. The zero-order valence-corrected chi connectivity index (χ0v) is 20.4. The van der Waals surface area contributed by atoms with Crippen LogP contribution in [0.4, 0.5) is 5.13 Å². The maximum absolute atomic E-state index is 12.3. The number of aryl methyl sites for hydroxylation is 1. The maximum Gasteiger partial charge on any atom is 0.236 e. The van der Waals surface area contributed by atoms with Gasteiger partial charge in [-0.1, -0.05) is 53.2 Å². The van der Waals surface area contributed by atoms with Crippen molar-refractivity contribution in [3.63, 3.8) is 0 Å². The van der Waals surface area contributed by atoms with Crippen molar-refractivity contribution in [2.24, 2.45) is 0 Å². The third kappa shape index (κ3) is 6.48. The van der Waals surface area contributed by atoms with E-state index in [0.29, 0.717) is 45.5 Å². The van der Waals surface area contributed by atoms with Crippen molar-refractivity contribution in [1.29, 1.82) is 0 Å². The van der Waals surface area contributed by atoms with Crippen molar-refractivity contribution in [1.82, 2.24) is 19.7 Å². The lowest BCUT2D eigenvalue weighted by Crippen LogP contribution is -2.14. The molecule has 0 fully saturated rings. The molecule has 0 unspecified atom stereocenters. The number of rotatable bonds is 10. The van der Waals surface area contributed by atoms with Gasteiger partial charge < -0.3 is 10.1 Å². The van der Waals surface area contributed by atoms with Crippen molar-refractivity contribution in [3.05, 3.63) is 76.0 Å². The molecule has 0 spiro atoms. The lowest BCUT2D eigenvalue weighted by Gasteiger charge is -2.11. The zero-order chi connectivity index (χ0) is 23.0. The number of ether oxygens (including phenoxy) is 1. The van der Waals surface area contributed by atoms with E-state index in [4.69, 9.17) is 27.9 Å². The van der Waals surface area contributed by atoms with Gasteiger partial charge in [0, 0.05) is 28.7 Å². The van der Waals surface area contributed by atoms with Crippen molar-refractivity contribution in [3.8, 4) is 11.4 Å². The number of thioether (sulfide) groups is 1. The highest BCUT2D eigenvalue weighted by molar-refractivity contribution is 7.99. The molecule has 0 atom stereocenters. The van der Waals surface area contributed by atoms with Crippen molar-refractivity contribution in [2.75, 3.05) is 17.7 Å². The summed E-state index contributed by atoms with van der Waals surface area (Å²) in [4.78, 5) is 16.3. The van der Waals surface area contributed by atoms with Crippen LogP contribution in [-0.4, -0.2) is 38.0 Å². The summed E-state index contributed by atoms with van der Waals surface area (Å²) >= 11 is 14.8. The van der Waals surface area contributed by atoms with Gasteiger partial charge in [-0.25, -0.2) is 4.98 Å². The normalized spacial score (nSPS) is 10.8. The van der Waals surface area contributed by atoms with Crippen LogP contribution in [0.25, 0.3) is 5.69 Å². The van der Waals surface area contributed by atoms with Crippen LogP contribution in [0.15, 0.2) is 65.3 Å². The summed E-state index contributed by atoms with van der Waals surface area (Å²) in [6.07, 6.45) is 2.99. The minimum atomic E-state index is -0.146. The lowest BCUT2D eigenvalue weighted by molar-refractivity contribution is -0.113. The summed E-state index contributed by atoms with van der Waals surface area (Å²) in [6, 6.07) is 15.0. The van der Waals surface area contributed by atoms with Gasteiger partial charge in [-0.05, 0) is 36.8 Å². The fourth-order valence-electron chi connectivity index (χ4n) is 2.97. The molecule has 0 bridgehead atoms. The molecule has 2 aromatic carbocycles. The SMILES string of the molecule is O=C(CSc1nnc(CCCOc2ccc(Cl)cc2Cl)n1-c1ccccc1)Nc1nccs1. The van der Waals surface area contributed by atoms with Crippen molar-refractivity contribution >= 4 is 57.3 Å². The molecule has 0 saturated carbocycles. The molecule has 170 valence electrons. The quantitative estimate of drug-likeness (QED) is 0.211. The molecule has 4 aromatic rings. The van der Waals surface area contributed by atoms with Crippen LogP contribution in [0.2, 0.25) is 10.0 Å². The summed E-state index contributed by atoms with van der Waals surface area (Å²) < 4.78 is 7.75. The summed E-state index contributed by atoms with van der Waals surface area (Å²) in [6.45, 7) is 0.460. The summed E-state index contributed by atoms with van der Waals surface area (Å²) in [7, 11) is 0. The number of aromatic nitrogens is 4. The molecule has 2 aromatic heterocycles. The van der Waals surface area contributed by atoms with Gasteiger partial charge in [0.25, 0.3) is 0 Å². The lowest BCUT2D eigenvalue weighted by atomic mass is 10.2. The van der Waals surface area contributed by atoms with E-state index < -0.39 is 0 Å². The van der Waals surface area contributed by atoms with Crippen LogP contribution in [0.5, 0.6) is 5.75 Å². The van der Waals surface area contributed by atoms with E-state index in [1.165, 1.54) is 23.1 Å². The Kier molecular flexibility index (Phi) is 8.22. The first-order valence-corrected chi connectivity index (χ1v) is 12.6. The number of nitrogens with one attached hydrogen (secondary N) is 1. The molecule has 2 heterocycles. The second-order valence-corrected chi connectivity index (χ2v) is 9.45. The molecule has 1 amide bonds. The maximum atomic E-state index is 12.3. The van der Waals surface area contributed by atoms with E-state index in [1.807, 2.05) is 40.3 Å². The molecule has 0 aliphatic rings. The van der Waals surface area contributed by atoms with Gasteiger partial charge in [-0.15, -0.1) is 21.5 Å². The molecular formula is C22H19Cl2N5O2S2. The molecule has 0 aliphatic carbocycles. The van der Waals surface area contributed by atoms with Crippen molar-refractivity contribution in [2.45, 2.75) is 18.0 Å². The molecule has 4 rings (SSSR count). The van der Waals surface area contributed by atoms with Crippen LogP contribution >= 0.6 is 46.3 Å². The van der Waals surface area contributed by atoms with Gasteiger partial charge in [-0.2, -0.15) is 0 Å². The second-order valence-electron chi connectivity index (χ2n) is 6.77. The standard InChI is InChI=1S/C22H19Cl2N5O2S2/c23-15-8-9-18(17(24)13-15)31-11-4-7-19-27-28-22(29(19)16-5-2-1-3-6-16)33-14-20(30)26-21-25-10-12-32-21/h1-3,5-6,8-10,12-13H,4,7,11,14H2,(H,25,26,30). The van der Waals surface area contributed by atoms with E-state index in [2.05, 4.69) is 20.5 Å². The number of halogens is 2. The van der Waals surface area contributed by atoms with Gasteiger partial charge in [-0.3, -0.25) is 9.36 Å². The fraction of sp³-hybridized carbons (Fsp3) is 0.182. The molecule has 7 nitrogen and oxygen atoms in total. The molecule has 11 heteroatoms. The number of para-hydroxylation sites is 1. The number of benzene rings is 2. The summed E-state index contributed by atoms with van der Waals surface area (Å²) in [5.74, 6) is 1.43. The summed E-state index contributed by atoms with van der Waals surface area (Å²) in [5.41, 5.74) is 0.932. The molecule has 0 aliphatic heterocycles. The van der Waals surface area contributed by atoms with Gasteiger partial charge in [0.1, 0.15) is 11.6 Å². The van der Waals surface area contributed by atoms with Gasteiger partial charge in [0.15, 0.2) is 10.3 Å². The van der Waals surface area contributed by atoms with E-state index in [0.717, 1.165) is 11.5 Å². The largest absolute Gasteiger partial charge is 0.492 e. The second kappa shape index (κ2) is 11.5. The zero-order valence-electron chi connectivity index (χ0n) is 17.3. The Morgan fingerprint density at radius 1 is 1.15 bits per heavy atom. The Bertz CT molecular complexity index is 1200. The smallest absolute Gasteiger partial charge is 0.236 e. The Balaban J connectivity index is 1.40. The Hall–Kier alpha value is -2.59. The monoisotopic (exact) mass is 519 g/mol.